The zero-order valence-corrected chi connectivity index (χ0v) is 11.9. The van der Waals surface area contributed by atoms with E-state index in [0.29, 0.717) is 0 Å². The Morgan fingerprint density at radius 3 is 2.24 bits per heavy atom. The fraction of sp³-hybridized carbons (Fsp3) is 0.625. The molecular weight excluding hydrogens is 206 g/mol. The van der Waals surface area contributed by atoms with Crippen molar-refractivity contribution in [2.75, 3.05) is 18.0 Å². The Bertz CT molecular complexity index is 311. The second-order valence-corrected chi connectivity index (χ2v) is 4.63. The number of anilines is 1. The average molecular weight is 233 g/mol. The van der Waals surface area contributed by atoms with Crippen molar-refractivity contribution in [2.45, 2.75) is 47.0 Å². The van der Waals surface area contributed by atoms with Gasteiger partial charge in [0.05, 0.1) is 0 Å². The summed E-state index contributed by atoms with van der Waals surface area (Å²) < 4.78 is 0. The first-order valence-corrected chi connectivity index (χ1v) is 7.12. The molecule has 0 spiro atoms. The number of hydrogen-bond donors (Lipinski definition) is 0. The molecule has 0 bridgehead atoms. The predicted molar refractivity (Wildman–Crippen MR) is 77.8 cm³/mol. The SMILES string of the molecule is CC.CCC1CCN(c2ccccc2C)CC1. The molecule has 1 heteroatoms. The maximum atomic E-state index is 2.54. The molecule has 0 amide bonds. The van der Waals surface area contributed by atoms with E-state index in [2.05, 4.69) is 43.0 Å². The molecule has 0 saturated carbocycles. The number of para-hydroxylation sites is 1. The van der Waals surface area contributed by atoms with Gasteiger partial charge in [0.25, 0.3) is 0 Å². The molecule has 96 valence electrons. The van der Waals surface area contributed by atoms with Gasteiger partial charge in [-0.25, -0.2) is 0 Å². The summed E-state index contributed by atoms with van der Waals surface area (Å²) in [7, 11) is 0. The van der Waals surface area contributed by atoms with Gasteiger partial charge in [-0.1, -0.05) is 45.4 Å². The lowest BCUT2D eigenvalue weighted by molar-refractivity contribution is 0.395. The van der Waals surface area contributed by atoms with Crippen LogP contribution in [0.4, 0.5) is 5.69 Å². The Hall–Kier alpha value is -0.980. The van der Waals surface area contributed by atoms with Crippen LogP contribution >= 0.6 is 0 Å². The number of aryl methyl sites for hydroxylation is 1. The van der Waals surface area contributed by atoms with Crippen LogP contribution < -0.4 is 4.90 Å². The first kappa shape index (κ1) is 14.1. The van der Waals surface area contributed by atoms with Gasteiger partial charge in [-0.2, -0.15) is 0 Å². The summed E-state index contributed by atoms with van der Waals surface area (Å²) in [6.45, 7) is 11.0. The molecule has 1 fully saturated rings. The highest BCUT2D eigenvalue weighted by molar-refractivity contribution is 5.53. The summed E-state index contributed by atoms with van der Waals surface area (Å²) in [5.41, 5.74) is 2.85. The lowest BCUT2D eigenvalue weighted by Gasteiger charge is -2.34. The molecule has 0 unspecified atom stereocenters. The molecule has 1 aromatic carbocycles. The standard InChI is InChI=1S/C14H21N.C2H6/c1-3-13-8-10-15(11-9-13)14-7-5-4-6-12(14)2;1-2/h4-7,13H,3,8-11H2,1-2H3;1-2H3. The van der Waals surface area contributed by atoms with Crippen LogP contribution in [-0.2, 0) is 0 Å². The van der Waals surface area contributed by atoms with Crippen molar-refractivity contribution in [1.82, 2.24) is 0 Å². The Kier molecular flexibility index (Phi) is 6.10. The second-order valence-electron chi connectivity index (χ2n) is 4.63. The van der Waals surface area contributed by atoms with E-state index in [0.717, 1.165) is 5.92 Å². The monoisotopic (exact) mass is 233 g/mol. The van der Waals surface area contributed by atoms with Gasteiger partial charge in [0.2, 0.25) is 0 Å². The fourth-order valence-corrected chi connectivity index (χ4v) is 2.50. The lowest BCUT2D eigenvalue weighted by Crippen LogP contribution is -2.33. The molecule has 17 heavy (non-hydrogen) atoms. The summed E-state index contributed by atoms with van der Waals surface area (Å²) in [6, 6.07) is 8.73. The van der Waals surface area contributed by atoms with Crippen LogP contribution in [-0.4, -0.2) is 13.1 Å². The summed E-state index contributed by atoms with van der Waals surface area (Å²) in [5, 5.41) is 0. The molecule has 1 aliphatic rings. The summed E-state index contributed by atoms with van der Waals surface area (Å²) in [5.74, 6) is 0.963. The first-order valence-electron chi connectivity index (χ1n) is 7.12. The Balaban J connectivity index is 0.000000686. The molecule has 1 aliphatic heterocycles. The molecule has 1 nitrogen and oxygen atoms in total. The predicted octanol–water partition coefficient (Wildman–Crippen LogP) is 4.65. The molecule has 1 aromatic rings. The van der Waals surface area contributed by atoms with Gasteiger partial charge in [-0.3, -0.25) is 0 Å². The van der Waals surface area contributed by atoms with E-state index in [1.807, 2.05) is 13.8 Å². The van der Waals surface area contributed by atoms with Crippen LogP contribution in [0.3, 0.4) is 0 Å². The van der Waals surface area contributed by atoms with E-state index in [4.69, 9.17) is 0 Å². The average Bonchev–Trinajstić information content (AvgIpc) is 2.42. The zero-order valence-electron chi connectivity index (χ0n) is 11.9. The molecule has 0 aromatic heterocycles. The van der Waals surface area contributed by atoms with Gasteiger partial charge >= 0.3 is 0 Å². The highest BCUT2D eigenvalue weighted by Gasteiger charge is 2.18. The van der Waals surface area contributed by atoms with Crippen LogP contribution in [0.1, 0.15) is 45.6 Å². The van der Waals surface area contributed by atoms with E-state index < -0.39 is 0 Å². The minimum Gasteiger partial charge on any atom is -0.371 e. The third-order valence-corrected chi connectivity index (χ3v) is 3.65. The van der Waals surface area contributed by atoms with Crippen LogP contribution in [0.5, 0.6) is 0 Å². The maximum Gasteiger partial charge on any atom is 0.0395 e. The molecule has 0 N–H and O–H groups in total. The highest BCUT2D eigenvalue weighted by atomic mass is 15.1. The van der Waals surface area contributed by atoms with Crippen molar-refractivity contribution >= 4 is 5.69 Å². The maximum absolute atomic E-state index is 2.54. The van der Waals surface area contributed by atoms with Crippen molar-refractivity contribution in [2.24, 2.45) is 5.92 Å². The molecule has 1 saturated heterocycles. The lowest BCUT2D eigenvalue weighted by atomic mass is 9.94. The number of piperidine rings is 1. The molecule has 2 rings (SSSR count). The Morgan fingerprint density at radius 2 is 1.71 bits per heavy atom. The molecule has 1 heterocycles. The van der Waals surface area contributed by atoms with Crippen molar-refractivity contribution in [3.8, 4) is 0 Å². The third-order valence-electron chi connectivity index (χ3n) is 3.65. The van der Waals surface area contributed by atoms with Crippen molar-refractivity contribution in [3.63, 3.8) is 0 Å². The highest BCUT2D eigenvalue weighted by Crippen LogP contribution is 2.26. The number of nitrogens with zero attached hydrogens (tertiary/aromatic N) is 1. The number of hydrogen-bond acceptors (Lipinski definition) is 1. The quantitative estimate of drug-likeness (QED) is 0.719. The third kappa shape index (κ3) is 3.76. The molecular formula is C16H27N. The van der Waals surface area contributed by atoms with Crippen LogP contribution in [0.15, 0.2) is 24.3 Å². The second kappa shape index (κ2) is 7.37. The topological polar surface area (TPSA) is 3.24 Å². The number of benzene rings is 1. The van der Waals surface area contributed by atoms with E-state index in [1.165, 1.54) is 43.6 Å². The van der Waals surface area contributed by atoms with Crippen molar-refractivity contribution in [3.05, 3.63) is 29.8 Å². The van der Waals surface area contributed by atoms with Crippen LogP contribution in [0.2, 0.25) is 0 Å². The van der Waals surface area contributed by atoms with Gasteiger partial charge in [0, 0.05) is 18.8 Å². The first-order chi connectivity index (χ1) is 8.31. The summed E-state index contributed by atoms with van der Waals surface area (Å²) >= 11 is 0. The van der Waals surface area contributed by atoms with Gasteiger partial charge in [0.15, 0.2) is 0 Å². The summed E-state index contributed by atoms with van der Waals surface area (Å²) in [6.07, 6.45) is 4.08. The normalized spacial score (nSPS) is 16.4. The van der Waals surface area contributed by atoms with Gasteiger partial charge in [0.1, 0.15) is 0 Å². The van der Waals surface area contributed by atoms with Gasteiger partial charge in [-0.15, -0.1) is 0 Å². The van der Waals surface area contributed by atoms with E-state index >= 15 is 0 Å². The number of rotatable bonds is 2. The molecule has 0 radical (unpaired) electrons. The van der Waals surface area contributed by atoms with Gasteiger partial charge < -0.3 is 4.90 Å². The van der Waals surface area contributed by atoms with Crippen LogP contribution in [0.25, 0.3) is 0 Å². The fourth-order valence-electron chi connectivity index (χ4n) is 2.50. The Labute approximate surface area is 107 Å². The summed E-state index contributed by atoms with van der Waals surface area (Å²) in [4.78, 5) is 2.54. The molecule has 0 atom stereocenters. The van der Waals surface area contributed by atoms with E-state index in [1.54, 1.807) is 0 Å². The largest absolute Gasteiger partial charge is 0.371 e. The van der Waals surface area contributed by atoms with Crippen molar-refractivity contribution in [1.29, 1.82) is 0 Å². The van der Waals surface area contributed by atoms with E-state index in [-0.39, 0.29) is 0 Å². The van der Waals surface area contributed by atoms with Crippen LogP contribution in [0, 0.1) is 12.8 Å². The zero-order chi connectivity index (χ0) is 12.7. The van der Waals surface area contributed by atoms with Crippen molar-refractivity contribution < 1.29 is 0 Å². The molecule has 0 aliphatic carbocycles. The van der Waals surface area contributed by atoms with E-state index in [9.17, 15) is 0 Å². The smallest absolute Gasteiger partial charge is 0.0395 e. The van der Waals surface area contributed by atoms with Gasteiger partial charge in [-0.05, 0) is 37.3 Å². The Morgan fingerprint density at radius 1 is 1.12 bits per heavy atom. The minimum atomic E-state index is 0.963. The minimum absolute atomic E-state index is 0.963.